The van der Waals surface area contributed by atoms with Gasteiger partial charge in [0.2, 0.25) is 0 Å². The summed E-state index contributed by atoms with van der Waals surface area (Å²) in [5.41, 5.74) is 0.217. The zero-order valence-corrected chi connectivity index (χ0v) is 10.5. The molecule has 6 nitrogen and oxygen atoms in total. The molecule has 8 heteroatoms. The lowest BCUT2D eigenvalue weighted by atomic mass is 10.3. The first-order chi connectivity index (χ1) is 8.97. The Morgan fingerprint density at radius 3 is 2.74 bits per heavy atom. The van der Waals surface area contributed by atoms with Gasteiger partial charge in [0.05, 0.1) is 6.61 Å². The summed E-state index contributed by atoms with van der Waals surface area (Å²) < 4.78 is 17.7. The van der Waals surface area contributed by atoms with Crippen LogP contribution in [0, 0.1) is 5.82 Å². The number of amides is 2. The van der Waals surface area contributed by atoms with Gasteiger partial charge in [-0.1, -0.05) is 11.6 Å². The number of carboxylic acids is 1. The van der Waals surface area contributed by atoms with Crippen LogP contribution in [0.15, 0.2) is 18.2 Å². The van der Waals surface area contributed by atoms with Gasteiger partial charge < -0.3 is 20.5 Å². The van der Waals surface area contributed by atoms with Crippen molar-refractivity contribution in [2.75, 3.05) is 25.1 Å². The highest BCUT2D eigenvalue weighted by atomic mass is 35.5. The van der Waals surface area contributed by atoms with Gasteiger partial charge in [0, 0.05) is 17.3 Å². The summed E-state index contributed by atoms with van der Waals surface area (Å²) in [6, 6.07) is 3.06. The molecule has 0 unspecified atom stereocenters. The molecule has 0 aromatic heterocycles. The van der Waals surface area contributed by atoms with E-state index in [0.29, 0.717) is 0 Å². The summed E-state index contributed by atoms with van der Waals surface area (Å²) in [5.74, 6) is -1.65. The monoisotopic (exact) mass is 290 g/mol. The van der Waals surface area contributed by atoms with Gasteiger partial charge in [0.25, 0.3) is 0 Å². The summed E-state index contributed by atoms with van der Waals surface area (Å²) in [4.78, 5) is 21.5. The van der Waals surface area contributed by atoms with Crippen LogP contribution in [0.3, 0.4) is 0 Å². The number of aliphatic carboxylic acids is 1. The average molecular weight is 291 g/mol. The summed E-state index contributed by atoms with van der Waals surface area (Å²) in [7, 11) is 0. The van der Waals surface area contributed by atoms with Crippen LogP contribution in [0.1, 0.15) is 0 Å². The number of ether oxygens (including phenoxy) is 1. The van der Waals surface area contributed by atoms with Crippen molar-refractivity contribution >= 4 is 29.3 Å². The maximum absolute atomic E-state index is 13.0. The zero-order chi connectivity index (χ0) is 14.3. The fourth-order valence-corrected chi connectivity index (χ4v) is 1.42. The SMILES string of the molecule is O=C(O)COCCNC(=O)Nc1cc(F)cc(Cl)c1. The van der Waals surface area contributed by atoms with E-state index in [9.17, 15) is 14.0 Å². The number of carbonyl (C=O) groups excluding carboxylic acids is 1. The van der Waals surface area contributed by atoms with Crippen LogP contribution in [-0.4, -0.2) is 36.9 Å². The van der Waals surface area contributed by atoms with Crippen molar-refractivity contribution in [3.63, 3.8) is 0 Å². The molecule has 0 saturated heterocycles. The quantitative estimate of drug-likeness (QED) is 0.696. The molecule has 0 fully saturated rings. The molecule has 2 amide bonds. The third-order valence-corrected chi connectivity index (χ3v) is 2.10. The third-order valence-electron chi connectivity index (χ3n) is 1.88. The highest BCUT2D eigenvalue weighted by Crippen LogP contribution is 2.17. The molecule has 0 atom stereocenters. The van der Waals surface area contributed by atoms with E-state index < -0.39 is 24.4 Å². The van der Waals surface area contributed by atoms with Crippen LogP contribution in [0.25, 0.3) is 0 Å². The number of nitrogens with one attached hydrogen (secondary N) is 2. The highest BCUT2D eigenvalue weighted by Gasteiger charge is 2.04. The standard InChI is InChI=1S/C11H12ClFN2O4/c12-7-3-8(13)5-9(4-7)15-11(18)14-1-2-19-6-10(16)17/h3-5H,1-2,6H2,(H,16,17)(H2,14,15,18). The molecule has 0 heterocycles. The molecule has 0 aliphatic carbocycles. The molecule has 1 aromatic rings. The smallest absolute Gasteiger partial charge is 0.329 e. The van der Waals surface area contributed by atoms with Gasteiger partial charge in [0.1, 0.15) is 12.4 Å². The van der Waals surface area contributed by atoms with Gasteiger partial charge in [-0.25, -0.2) is 14.0 Å². The van der Waals surface area contributed by atoms with E-state index in [-0.39, 0.29) is 23.9 Å². The second kappa shape index (κ2) is 7.55. The average Bonchev–Trinajstić information content (AvgIpc) is 2.26. The van der Waals surface area contributed by atoms with Gasteiger partial charge in [0.15, 0.2) is 0 Å². The minimum atomic E-state index is -1.08. The normalized spacial score (nSPS) is 10.0. The van der Waals surface area contributed by atoms with Crippen molar-refractivity contribution in [1.29, 1.82) is 0 Å². The Labute approximate surface area is 113 Å². The maximum Gasteiger partial charge on any atom is 0.329 e. The molecule has 104 valence electrons. The van der Waals surface area contributed by atoms with Crippen LogP contribution in [-0.2, 0) is 9.53 Å². The molecule has 0 bridgehead atoms. The number of hydrogen-bond acceptors (Lipinski definition) is 3. The molecule has 1 rings (SSSR count). The van der Waals surface area contributed by atoms with Crippen molar-refractivity contribution in [2.24, 2.45) is 0 Å². The maximum atomic E-state index is 13.0. The van der Waals surface area contributed by atoms with Gasteiger partial charge in [-0.3, -0.25) is 0 Å². The van der Waals surface area contributed by atoms with E-state index in [0.717, 1.165) is 12.1 Å². The number of halogens is 2. The predicted octanol–water partition coefficient (Wildman–Crippen LogP) is 1.70. The minimum Gasteiger partial charge on any atom is -0.480 e. The molecule has 3 N–H and O–H groups in total. The number of hydrogen-bond donors (Lipinski definition) is 3. The number of carbonyl (C=O) groups is 2. The van der Waals surface area contributed by atoms with Crippen molar-refractivity contribution in [3.05, 3.63) is 29.0 Å². The van der Waals surface area contributed by atoms with Crippen molar-refractivity contribution in [1.82, 2.24) is 5.32 Å². The first-order valence-electron chi connectivity index (χ1n) is 5.28. The van der Waals surface area contributed by atoms with Gasteiger partial charge in [-0.15, -0.1) is 0 Å². The topological polar surface area (TPSA) is 87.7 Å². The first-order valence-corrected chi connectivity index (χ1v) is 5.65. The fourth-order valence-electron chi connectivity index (χ4n) is 1.20. The van der Waals surface area contributed by atoms with Crippen molar-refractivity contribution in [3.8, 4) is 0 Å². The lowest BCUT2D eigenvalue weighted by Gasteiger charge is -2.08. The van der Waals surface area contributed by atoms with E-state index in [1.165, 1.54) is 6.07 Å². The van der Waals surface area contributed by atoms with E-state index >= 15 is 0 Å². The van der Waals surface area contributed by atoms with Crippen LogP contribution in [0.4, 0.5) is 14.9 Å². The first kappa shape index (κ1) is 15.2. The number of carboxylic acid groups (broad SMARTS) is 1. The lowest BCUT2D eigenvalue weighted by molar-refractivity contribution is -0.142. The Hall–Kier alpha value is -1.86. The zero-order valence-electron chi connectivity index (χ0n) is 9.78. The largest absolute Gasteiger partial charge is 0.480 e. The highest BCUT2D eigenvalue weighted by molar-refractivity contribution is 6.30. The molecular weight excluding hydrogens is 279 g/mol. The molecule has 1 aromatic carbocycles. The predicted molar refractivity (Wildman–Crippen MR) is 66.9 cm³/mol. The van der Waals surface area contributed by atoms with Gasteiger partial charge in [-0.2, -0.15) is 0 Å². The second-order valence-electron chi connectivity index (χ2n) is 3.49. The Balaban J connectivity index is 2.29. The number of urea groups is 1. The van der Waals surface area contributed by atoms with E-state index in [1.54, 1.807) is 0 Å². The Morgan fingerprint density at radius 2 is 2.11 bits per heavy atom. The number of benzene rings is 1. The molecule has 0 aliphatic heterocycles. The Bertz CT molecular complexity index is 450. The van der Waals surface area contributed by atoms with Crippen LogP contribution >= 0.6 is 11.6 Å². The Kier molecular flexibility index (Phi) is 6.04. The molecule has 0 aliphatic rings. The van der Waals surface area contributed by atoms with Gasteiger partial charge in [-0.05, 0) is 18.2 Å². The fraction of sp³-hybridized carbons (Fsp3) is 0.273. The van der Waals surface area contributed by atoms with Gasteiger partial charge >= 0.3 is 12.0 Å². The third kappa shape index (κ3) is 6.58. The van der Waals surface area contributed by atoms with Crippen LogP contribution < -0.4 is 10.6 Å². The lowest BCUT2D eigenvalue weighted by Crippen LogP contribution is -2.32. The molecule has 19 heavy (non-hydrogen) atoms. The summed E-state index contributed by atoms with van der Waals surface area (Å²) >= 11 is 5.62. The van der Waals surface area contributed by atoms with E-state index in [1.807, 2.05) is 0 Å². The molecular formula is C11H12ClFN2O4. The summed E-state index contributed by atoms with van der Waals surface area (Å²) in [6.45, 7) is -0.241. The number of anilines is 1. The van der Waals surface area contributed by atoms with E-state index in [2.05, 4.69) is 10.6 Å². The summed E-state index contributed by atoms with van der Waals surface area (Å²) in [5, 5.41) is 13.3. The van der Waals surface area contributed by atoms with Crippen LogP contribution in [0.5, 0.6) is 0 Å². The number of rotatable bonds is 6. The van der Waals surface area contributed by atoms with Crippen molar-refractivity contribution in [2.45, 2.75) is 0 Å². The molecule has 0 saturated carbocycles. The molecule has 0 spiro atoms. The van der Waals surface area contributed by atoms with Crippen molar-refractivity contribution < 1.29 is 23.8 Å². The Morgan fingerprint density at radius 1 is 1.37 bits per heavy atom. The van der Waals surface area contributed by atoms with E-state index in [4.69, 9.17) is 21.4 Å². The molecule has 0 radical (unpaired) electrons. The second-order valence-corrected chi connectivity index (χ2v) is 3.92. The summed E-state index contributed by atoms with van der Waals surface area (Å²) in [6.07, 6.45) is 0. The minimum absolute atomic E-state index is 0.0592. The van der Waals surface area contributed by atoms with Crippen LogP contribution in [0.2, 0.25) is 5.02 Å².